The van der Waals surface area contributed by atoms with Crippen molar-refractivity contribution < 1.29 is 17.6 Å². The number of carbonyl (C=O) groups is 1. The Kier molecular flexibility index (Phi) is 6.48. The highest BCUT2D eigenvalue weighted by Crippen LogP contribution is 2.26. The molecule has 1 aromatic carbocycles. The number of halogens is 1. The van der Waals surface area contributed by atoms with E-state index in [1.54, 1.807) is 18.2 Å². The van der Waals surface area contributed by atoms with Gasteiger partial charge >= 0.3 is 0 Å². The fraction of sp³-hybridized carbons (Fsp3) is 0.476. The van der Waals surface area contributed by atoms with Gasteiger partial charge in [0.15, 0.2) is 0 Å². The SMILES string of the molecule is O=C(c1ccoc1)N1CCN([C@H]2CCCC[C@H]2NS(=O)(=O)c2ccc(Cl)cc2)CC1. The Morgan fingerprint density at radius 3 is 2.40 bits per heavy atom. The molecular weight excluding hydrogens is 426 g/mol. The summed E-state index contributed by atoms with van der Waals surface area (Å²) in [6.45, 7) is 2.70. The summed E-state index contributed by atoms with van der Waals surface area (Å²) in [5.41, 5.74) is 0.565. The van der Waals surface area contributed by atoms with Crippen LogP contribution in [0.25, 0.3) is 0 Å². The zero-order chi connectivity index (χ0) is 21.1. The van der Waals surface area contributed by atoms with Crippen molar-refractivity contribution >= 4 is 27.5 Å². The first-order valence-corrected chi connectivity index (χ1v) is 12.1. The molecule has 0 spiro atoms. The normalized spacial score (nSPS) is 23.4. The van der Waals surface area contributed by atoms with Crippen molar-refractivity contribution in [3.05, 3.63) is 53.4 Å². The Morgan fingerprint density at radius 1 is 1.03 bits per heavy atom. The molecule has 4 rings (SSSR count). The monoisotopic (exact) mass is 451 g/mol. The fourth-order valence-electron chi connectivity index (χ4n) is 4.39. The lowest BCUT2D eigenvalue weighted by atomic mass is 9.89. The Hall–Kier alpha value is -1.87. The molecule has 2 aliphatic rings. The smallest absolute Gasteiger partial charge is 0.257 e. The first kappa shape index (κ1) is 21.4. The van der Waals surface area contributed by atoms with Crippen molar-refractivity contribution in [2.45, 2.75) is 42.7 Å². The van der Waals surface area contributed by atoms with Crippen LogP contribution in [0.15, 0.2) is 52.2 Å². The van der Waals surface area contributed by atoms with Gasteiger partial charge in [-0.25, -0.2) is 13.1 Å². The van der Waals surface area contributed by atoms with Gasteiger partial charge in [-0.1, -0.05) is 24.4 Å². The number of sulfonamides is 1. The fourth-order valence-corrected chi connectivity index (χ4v) is 5.82. The molecule has 1 aliphatic heterocycles. The van der Waals surface area contributed by atoms with Gasteiger partial charge in [0.2, 0.25) is 10.0 Å². The summed E-state index contributed by atoms with van der Waals surface area (Å²) in [6.07, 6.45) is 6.82. The van der Waals surface area contributed by atoms with Crippen LogP contribution in [-0.4, -0.2) is 62.4 Å². The summed E-state index contributed by atoms with van der Waals surface area (Å²) in [5.74, 6) is -0.0213. The van der Waals surface area contributed by atoms with Gasteiger partial charge in [0.1, 0.15) is 6.26 Å². The van der Waals surface area contributed by atoms with Crippen LogP contribution in [-0.2, 0) is 10.0 Å². The Balaban J connectivity index is 1.40. The van der Waals surface area contributed by atoms with E-state index in [2.05, 4.69) is 9.62 Å². The third-order valence-corrected chi connectivity index (χ3v) is 7.76. The number of hydrogen-bond donors (Lipinski definition) is 1. The summed E-state index contributed by atoms with van der Waals surface area (Å²) < 4.78 is 33.7. The zero-order valence-electron chi connectivity index (χ0n) is 16.7. The highest BCUT2D eigenvalue weighted by molar-refractivity contribution is 7.89. The number of rotatable bonds is 5. The minimum Gasteiger partial charge on any atom is -0.472 e. The number of carbonyl (C=O) groups excluding carboxylic acids is 1. The van der Waals surface area contributed by atoms with Crippen LogP contribution in [0.3, 0.4) is 0 Å². The molecule has 1 saturated carbocycles. The number of piperazine rings is 1. The predicted molar refractivity (Wildman–Crippen MR) is 114 cm³/mol. The minimum atomic E-state index is -3.61. The van der Waals surface area contributed by atoms with E-state index >= 15 is 0 Å². The van der Waals surface area contributed by atoms with Crippen LogP contribution in [0.2, 0.25) is 5.02 Å². The molecule has 2 atom stereocenters. The molecule has 0 bridgehead atoms. The summed E-state index contributed by atoms with van der Waals surface area (Å²) in [5, 5.41) is 0.507. The maximum absolute atomic E-state index is 12.9. The van der Waals surface area contributed by atoms with E-state index in [4.69, 9.17) is 16.0 Å². The van der Waals surface area contributed by atoms with E-state index in [1.165, 1.54) is 24.7 Å². The lowest BCUT2D eigenvalue weighted by Gasteiger charge is -2.44. The first-order valence-electron chi connectivity index (χ1n) is 10.3. The Morgan fingerprint density at radius 2 is 1.73 bits per heavy atom. The number of benzene rings is 1. The third-order valence-electron chi connectivity index (χ3n) is 6.00. The van der Waals surface area contributed by atoms with Crippen molar-refractivity contribution in [1.82, 2.24) is 14.5 Å². The van der Waals surface area contributed by atoms with Crippen molar-refractivity contribution in [3.63, 3.8) is 0 Å². The van der Waals surface area contributed by atoms with E-state index in [-0.39, 0.29) is 22.9 Å². The molecule has 2 aromatic rings. The van der Waals surface area contributed by atoms with Crippen LogP contribution in [0.5, 0.6) is 0 Å². The van der Waals surface area contributed by atoms with E-state index in [9.17, 15) is 13.2 Å². The van der Waals surface area contributed by atoms with Crippen molar-refractivity contribution in [2.75, 3.05) is 26.2 Å². The molecular formula is C21H26ClN3O4S. The number of nitrogens with one attached hydrogen (secondary N) is 1. The molecule has 1 saturated heterocycles. The number of furan rings is 1. The lowest BCUT2D eigenvalue weighted by Crippen LogP contribution is -2.58. The summed E-state index contributed by atoms with van der Waals surface area (Å²) in [4.78, 5) is 16.9. The second-order valence-corrected chi connectivity index (χ2v) is 10.0. The maximum atomic E-state index is 12.9. The van der Waals surface area contributed by atoms with Gasteiger partial charge in [0.05, 0.1) is 16.7 Å². The van der Waals surface area contributed by atoms with Crippen LogP contribution >= 0.6 is 11.6 Å². The third kappa shape index (κ3) is 4.72. The second kappa shape index (κ2) is 9.09. The topological polar surface area (TPSA) is 82.9 Å². The maximum Gasteiger partial charge on any atom is 0.257 e. The molecule has 1 amide bonds. The van der Waals surface area contributed by atoms with E-state index < -0.39 is 10.0 Å². The summed E-state index contributed by atoms with van der Waals surface area (Å²) in [6, 6.07) is 7.90. The quantitative estimate of drug-likeness (QED) is 0.755. The average Bonchev–Trinajstić information content (AvgIpc) is 3.29. The predicted octanol–water partition coefficient (Wildman–Crippen LogP) is 2.98. The molecule has 9 heteroatoms. The Labute approximate surface area is 182 Å². The number of amides is 1. The van der Waals surface area contributed by atoms with Gasteiger partial charge in [0.25, 0.3) is 5.91 Å². The molecule has 1 N–H and O–H groups in total. The van der Waals surface area contributed by atoms with Crippen molar-refractivity contribution in [2.24, 2.45) is 0 Å². The summed E-state index contributed by atoms with van der Waals surface area (Å²) >= 11 is 5.89. The van der Waals surface area contributed by atoms with Gasteiger partial charge in [-0.3, -0.25) is 9.69 Å². The van der Waals surface area contributed by atoms with Crippen LogP contribution in [0.4, 0.5) is 0 Å². The van der Waals surface area contributed by atoms with Gasteiger partial charge < -0.3 is 9.32 Å². The van der Waals surface area contributed by atoms with Gasteiger partial charge in [-0.05, 0) is 43.2 Å². The standard InChI is InChI=1S/C21H26ClN3O4S/c22-17-5-7-18(8-6-17)30(27,28)23-19-3-1-2-4-20(19)24-10-12-25(13-11-24)21(26)16-9-14-29-15-16/h5-9,14-15,19-20,23H,1-4,10-13H2/t19-,20+/m1/s1. The van der Waals surface area contributed by atoms with Gasteiger partial charge in [0, 0.05) is 43.3 Å². The van der Waals surface area contributed by atoms with Crippen LogP contribution in [0, 0.1) is 0 Å². The molecule has 2 heterocycles. The number of hydrogen-bond acceptors (Lipinski definition) is 5. The van der Waals surface area contributed by atoms with Gasteiger partial charge in [-0.15, -0.1) is 0 Å². The highest BCUT2D eigenvalue weighted by atomic mass is 35.5. The van der Waals surface area contributed by atoms with E-state index in [1.807, 2.05) is 4.90 Å². The van der Waals surface area contributed by atoms with Crippen molar-refractivity contribution in [3.8, 4) is 0 Å². The lowest BCUT2D eigenvalue weighted by molar-refractivity contribution is 0.0478. The van der Waals surface area contributed by atoms with Crippen molar-refractivity contribution in [1.29, 1.82) is 0 Å². The van der Waals surface area contributed by atoms with E-state index in [0.29, 0.717) is 23.7 Å². The molecule has 162 valence electrons. The molecule has 1 aromatic heterocycles. The molecule has 0 radical (unpaired) electrons. The average molecular weight is 452 g/mol. The largest absolute Gasteiger partial charge is 0.472 e. The Bertz CT molecular complexity index is 955. The summed E-state index contributed by atoms with van der Waals surface area (Å²) in [7, 11) is -3.61. The van der Waals surface area contributed by atoms with Crippen LogP contribution < -0.4 is 4.72 Å². The minimum absolute atomic E-state index is 0.0213. The molecule has 0 unspecified atom stereocenters. The zero-order valence-corrected chi connectivity index (χ0v) is 18.2. The molecule has 7 nitrogen and oxygen atoms in total. The number of nitrogens with zero attached hydrogens (tertiary/aromatic N) is 2. The van der Waals surface area contributed by atoms with Crippen LogP contribution in [0.1, 0.15) is 36.0 Å². The molecule has 30 heavy (non-hydrogen) atoms. The highest BCUT2D eigenvalue weighted by Gasteiger charge is 2.35. The first-order chi connectivity index (χ1) is 14.4. The van der Waals surface area contributed by atoms with Gasteiger partial charge in [-0.2, -0.15) is 0 Å². The molecule has 2 fully saturated rings. The van der Waals surface area contributed by atoms with E-state index in [0.717, 1.165) is 38.8 Å². The second-order valence-electron chi connectivity index (χ2n) is 7.87. The molecule has 1 aliphatic carbocycles.